The van der Waals surface area contributed by atoms with Crippen molar-refractivity contribution in [3.05, 3.63) is 66.2 Å². The van der Waals surface area contributed by atoms with Gasteiger partial charge in [0.05, 0.1) is 28.6 Å². The topological polar surface area (TPSA) is 102 Å². The lowest BCUT2D eigenvalue weighted by molar-refractivity contribution is 0.130. The number of rotatable bonds is 6. The highest BCUT2D eigenvalue weighted by Crippen LogP contribution is 2.44. The molecule has 1 aliphatic carbocycles. The number of aromatic nitrogens is 3. The molecule has 36 heavy (non-hydrogen) atoms. The van der Waals surface area contributed by atoms with Gasteiger partial charge in [-0.05, 0) is 63.4 Å². The Morgan fingerprint density at radius 3 is 2.61 bits per heavy atom. The van der Waals surface area contributed by atoms with Crippen molar-refractivity contribution in [3.63, 3.8) is 0 Å². The van der Waals surface area contributed by atoms with Crippen LogP contribution in [-0.2, 0) is 4.74 Å². The highest BCUT2D eigenvalue weighted by molar-refractivity contribution is 5.96. The highest BCUT2D eigenvalue weighted by Gasteiger charge is 2.28. The maximum Gasteiger partial charge on any atom is 0.411 e. The fraction of sp³-hybridized carbons (Fsp3) is 0.259. The van der Waals surface area contributed by atoms with Crippen LogP contribution < -0.4 is 10.1 Å². The van der Waals surface area contributed by atoms with Crippen molar-refractivity contribution in [2.45, 2.75) is 45.3 Å². The van der Waals surface area contributed by atoms with Crippen molar-refractivity contribution in [2.24, 2.45) is 0 Å². The molecule has 0 spiro atoms. The van der Waals surface area contributed by atoms with Gasteiger partial charge in [-0.1, -0.05) is 6.07 Å². The zero-order valence-corrected chi connectivity index (χ0v) is 19.9. The monoisotopic (exact) mass is 485 g/mol. The second kappa shape index (κ2) is 9.66. The van der Waals surface area contributed by atoms with Crippen LogP contribution in [0.4, 0.5) is 14.9 Å². The van der Waals surface area contributed by atoms with Crippen LogP contribution in [0.2, 0.25) is 0 Å². The lowest BCUT2D eigenvalue weighted by Gasteiger charge is -2.30. The predicted octanol–water partition coefficient (Wildman–Crippen LogP) is 6.58. The van der Waals surface area contributed by atoms with E-state index in [4.69, 9.17) is 9.47 Å². The summed E-state index contributed by atoms with van der Waals surface area (Å²) >= 11 is 0. The molecule has 8 nitrogen and oxygen atoms in total. The van der Waals surface area contributed by atoms with Crippen molar-refractivity contribution in [1.82, 2.24) is 14.5 Å². The number of hydrogen-bond acceptors (Lipinski definition) is 6. The van der Waals surface area contributed by atoms with E-state index in [0.717, 1.165) is 30.2 Å². The van der Waals surface area contributed by atoms with Gasteiger partial charge in [0.2, 0.25) is 0 Å². The summed E-state index contributed by atoms with van der Waals surface area (Å²) < 4.78 is 28.0. The number of amides is 1. The van der Waals surface area contributed by atoms with E-state index in [1.54, 1.807) is 44.4 Å². The Kier molecular flexibility index (Phi) is 6.25. The number of nitrogens with one attached hydrogen (secondary N) is 1. The van der Waals surface area contributed by atoms with Crippen LogP contribution in [0.1, 0.15) is 44.7 Å². The summed E-state index contributed by atoms with van der Waals surface area (Å²) in [5.41, 5.74) is 2.47. The van der Waals surface area contributed by atoms with E-state index in [2.05, 4.69) is 25.9 Å². The van der Waals surface area contributed by atoms with Gasteiger partial charge in [-0.3, -0.25) is 5.32 Å². The molecule has 1 saturated carbocycles. The van der Waals surface area contributed by atoms with Gasteiger partial charge in [-0.15, -0.1) is 0 Å². The van der Waals surface area contributed by atoms with Crippen LogP contribution in [0.25, 0.3) is 22.2 Å². The standard InChI is InChI=1S/C27H24FN5O3/c1-16(2)35-27(34)32-23-10-7-17(13-22(23)28)25-21(15-29)20-9-8-19(36-26-30-11-4-12-31-26)14-24(20)33(25)18-5-3-6-18/h4,7-14,16,18H,3,5-6H2,1-2H3,(H,32,34). The first-order valence-corrected chi connectivity index (χ1v) is 11.7. The highest BCUT2D eigenvalue weighted by atomic mass is 19.1. The fourth-order valence-electron chi connectivity index (χ4n) is 4.34. The predicted molar refractivity (Wildman–Crippen MR) is 132 cm³/mol. The Hall–Kier alpha value is -4.45. The Morgan fingerprint density at radius 2 is 1.97 bits per heavy atom. The number of carbonyl (C=O) groups excluding carboxylic acids is 1. The smallest absolute Gasteiger partial charge is 0.411 e. The summed E-state index contributed by atoms with van der Waals surface area (Å²) in [6.07, 6.45) is 5.13. The minimum absolute atomic E-state index is 0.00719. The van der Waals surface area contributed by atoms with E-state index < -0.39 is 11.9 Å². The average Bonchev–Trinajstić information content (AvgIpc) is 3.13. The third kappa shape index (κ3) is 4.45. The number of ether oxygens (including phenoxy) is 2. The molecule has 2 aromatic carbocycles. The number of fused-ring (bicyclic) bond motifs is 1. The number of halogens is 1. The Morgan fingerprint density at radius 1 is 1.19 bits per heavy atom. The normalized spacial score (nSPS) is 13.3. The van der Waals surface area contributed by atoms with Crippen LogP contribution in [0.3, 0.4) is 0 Å². The van der Waals surface area contributed by atoms with Gasteiger partial charge < -0.3 is 14.0 Å². The van der Waals surface area contributed by atoms with Crippen molar-refractivity contribution in [3.8, 4) is 29.1 Å². The van der Waals surface area contributed by atoms with Crippen LogP contribution in [0.15, 0.2) is 54.9 Å². The molecule has 1 aliphatic rings. The summed E-state index contributed by atoms with van der Waals surface area (Å²) in [5.74, 6) is -0.0787. The van der Waals surface area contributed by atoms with Crippen LogP contribution in [0, 0.1) is 17.1 Å². The number of nitrogens with zero attached hydrogens (tertiary/aromatic N) is 4. The number of carbonyl (C=O) groups is 1. The van der Waals surface area contributed by atoms with Gasteiger partial charge >= 0.3 is 12.1 Å². The number of hydrogen-bond donors (Lipinski definition) is 1. The van der Waals surface area contributed by atoms with Crippen LogP contribution in [-0.4, -0.2) is 26.7 Å². The van der Waals surface area contributed by atoms with E-state index in [-0.39, 0.29) is 23.8 Å². The molecule has 0 saturated heterocycles. The molecule has 0 radical (unpaired) electrons. The third-order valence-electron chi connectivity index (χ3n) is 6.10. The Bertz CT molecular complexity index is 1470. The van der Waals surface area contributed by atoms with Crippen molar-refractivity contribution in [2.75, 3.05) is 5.32 Å². The second-order valence-electron chi connectivity index (χ2n) is 8.88. The molecule has 1 fully saturated rings. The minimum Gasteiger partial charge on any atom is -0.447 e. The molecule has 0 bridgehead atoms. The van der Waals surface area contributed by atoms with E-state index in [9.17, 15) is 10.1 Å². The Balaban J connectivity index is 1.59. The summed E-state index contributed by atoms with van der Waals surface area (Å²) in [6.45, 7) is 3.43. The van der Waals surface area contributed by atoms with E-state index in [0.29, 0.717) is 22.6 Å². The molecule has 0 unspecified atom stereocenters. The zero-order valence-electron chi connectivity index (χ0n) is 19.9. The fourth-order valence-corrected chi connectivity index (χ4v) is 4.34. The SMILES string of the molecule is CC(C)OC(=O)Nc1ccc(-c2c(C#N)c3ccc(Oc4ncccn4)cc3n2C2CCC2)cc1F. The van der Waals surface area contributed by atoms with E-state index >= 15 is 4.39 Å². The second-order valence-corrected chi connectivity index (χ2v) is 8.88. The quantitative estimate of drug-likeness (QED) is 0.331. The van der Waals surface area contributed by atoms with Crippen LogP contribution >= 0.6 is 0 Å². The molecule has 4 aromatic rings. The lowest BCUT2D eigenvalue weighted by atomic mass is 9.92. The first kappa shape index (κ1) is 23.3. The Labute approximate surface area is 207 Å². The average molecular weight is 486 g/mol. The molecule has 0 atom stereocenters. The number of benzene rings is 2. The summed E-state index contributed by atoms with van der Waals surface area (Å²) in [6, 6.07) is 14.4. The number of nitriles is 1. The lowest BCUT2D eigenvalue weighted by Crippen LogP contribution is -2.19. The van der Waals surface area contributed by atoms with E-state index in [1.807, 2.05) is 12.1 Å². The van der Waals surface area contributed by atoms with Crippen molar-refractivity contribution >= 4 is 22.7 Å². The molecule has 182 valence electrons. The van der Waals surface area contributed by atoms with Gasteiger partial charge in [0, 0.05) is 35.5 Å². The van der Waals surface area contributed by atoms with E-state index in [1.165, 1.54) is 12.1 Å². The van der Waals surface area contributed by atoms with Gasteiger partial charge in [0.1, 0.15) is 17.6 Å². The van der Waals surface area contributed by atoms with Crippen molar-refractivity contribution in [1.29, 1.82) is 5.26 Å². The molecule has 2 aromatic heterocycles. The molecular weight excluding hydrogens is 461 g/mol. The summed E-state index contributed by atoms with van der Waals surface area (Å²) in [5, 5.41) is 13.3. The maximum atomic E-state index is 15.1. The van der Waals surface area contributed by atoms with Gasteiger partial charge in [0.15, 0.2) is 0 Å². The molecule has 9 heteroatoms. The molecule has 1 amide bonds. The zero-order chi connectivity index (χ0) is 25.2. The number of anilines is 1. The first-order valence-electron chi connectivity index (χ1n) is 11.7. The van der Waals surface area contributed by atoms with Crippen molar-refractivity contribution < 1.29 is 18.7 Å². The molecule has 5 rings (SSSR count). The minimum atomic E-state index is -0.729. The van der Waals surface area contributed by atoms with Gasteiger partial charge in [-0.2, -0.15) is 5.26 Å². The first-order chi connectivity index (χ1) is 17.4. The van der Waals surface area contributed by atoms with Gasteiger partial charge in [-0.25, -0.2) is 19.2 Å². The largest absolute Gasteiger partial charge is 0.447 e. The molecule has 2 heterocycles. The summed E-state index contributed by atoms with van der Waals surface area (Å²) in [7, 11) is 0. The molecule has 0 aliphatic heterocycles. The maximum absolute atomic E-state index is 15.1. The van der Waals surface area contributed by atoms with Gasteiger partial charge in [0.25, 0.3) is 0 Å². The third-order valence-corrected chi connectivity index (χ3v) is 6.10. The van der Waals surface area contributed by atoms with Crippen LogP contribution in [0.5, 0.6) is 11.8 Å². The summed E-state index contributed by atoms with van der Waals surface area (Å²) in [4.78, 5) is 20.1. The molecular formula is C27H24FN5O3. The molecule has 1 N–H and O–H groups in total.